The summed E-state index contributed by atoms with van der Waals surface area (Å²) in [5, 5.41) is 14.9. The van der Waals surface area contributed by atoms with Crippen LogP contribution in [0.2, 0.25) is 0 Å². The number of benzene rings is 2. The van der Waals surface area contributed by atoms with E-state index in [0.29, 0.717) is 6.42 Å². The van der Waals surface area contributed by atoms with Crippen molar-refractivity contribution in [1.29, 1.82) is 0 Å². The lowest BCUT2D eigenvalue weighted by Crippen LogP contribution is -2.52. The number of carbonyl (C=O) groups is 3. The largest absolute Gasteiger partial charge is 0.481 e. The molecule has 7 heteroatoms. The zero-order chi connectivity index (χ0) is 24.1. The highest BCUT2D eigenvalue weighted by molar-refractivity contribution is 5.86. The van der Waals surface area contributed by atoms with Gasteiger partial charge in [0.15, 0.2) is 0 Å². The Morgan fingerprint density at radius 3 is 2.24 bits per heavy atom. The highest BCUT2D eigenvalue weighted by Gasteiger charge is 2.32. The van der Waals surface area contributed by atoms with Gasteiger partial charge in [0.25, 0.3) is 0 Å². The van der Waals surface area contributed by atoms with Crippen LogP contribution in [0.4, 0.5) is 4.79 Å². The molecule has 0 radical (unpaired) electrons. The van der Waals surface area contributed by atoms with Gasteiger partial charge in [0.05, 0.1) is 6.42 Å². The van der Waals surface area contributed by atoms with Gasteiger partial charge in [-0.2, -0.15) is 0 Å². The monoisotopic (exact) mass is 464 g/mol. The lowest BCUT2D eigenvalue weighted by atomic mass is 9.82. The van der Waals surface area contributed by atoms with Gasteiger partial charge in [-0.3, -0.25) is 9.59 Å². The summed E-state index contributed by atoms with van der Waals surface area (Å²) in [6.07, 6.45) is 3.29. The average molecular weight is 465 g/mol. The van der Waals surface area contributed by atoms with Crippen LogP contribution in [0.5, 0.6) is 0 Å². The molecule has 0 spiro atoms. The summed E-state index contributed by atoms with van der Waals surface area (Å²) in [7, 11) is 0. The zero-order valence-corrected chi connectivity index (χ0v) is 19.5. The highest BCUT2D eigenvalue weighted by Crippen LogP contribution is 2.44. The first-order valence-electron chi connectivity index (χ1n) is 12.1. The van der Waals surface area contributed by atoms with Crippen LogP contribution in [0.25, 0.3) is 11.1 Å². The summed E-state index contributed by atoms with van der Waals surface area (Å²) in [5.74, 6) is -1.28. The van der Waals surface area contributed by atoms with E-state index in [-0.39, 0.29) is 36.8 Å². The molecule has 0 aliphatic heterocycles. The number of carbonyl (C=O) groups excluding carboxylic acids is 2. The molecular formula is C27H32N2O5. The van der Waals surface area contributed by atoms with Crippen LogP contribution in [0.3, 0.4) is 0 Å². The maximum Gasteiger partial charge on any atom is 0.407 e. The number of ether oxygens (including phenoxy) is 1. The van der Waals surface area contributed by atoms with Gasteiger partial charge in [-0.05, 0) is 47.4 Å². The number of carboxylic acids is 1. The molecule has 7 nitrogen and oxygen atoms in total. The van der Waals surface area contributed by atoms with Gasteiger partial charge in [-0.1, -0.05) is 68.3 Å². The van der Waals surface area contributed by atoms with Crippen molar-refractivity contribution in [2.45, 2.75) is 63.5 Å². The Morgan fingerprint density at radius 1 is 1.00 bits per heavy atom. The Labute approximate surface area is 199 Å². The minimum atomic E-state index is -0.852. The van der Waals surface area contributed by atoms with Gasteiger partial charge < -0.3 is 20.5 Å². The standard InChI is InChI=1S/C27H32N2O5/c1-2-23(26(32)28-24-14-8-3-9-17(24)15-25(30)31)29-27(33)34-16-22-20-12-6-4-10-18(20)19-11-5-7-13-21(19)22/h4-7,10-13,17,22-24H,2-3,8-9,14-16H2,1H3,(H,28,32)(H,29,33)(H,30,31)/t17?,23-,24?/m1/s1. The third-order valence-corrected chi connectivity index (χ3v) is 7.03. The van der Waals surface area contributed by atoms with Gasteiger partial charge >= 0.3 is 12.1 Å². The molecule has 1 fully saturated rings. The van der Waals surface area contributed by atoms with Gasteiger partial charge in [-0.15, -0.1) is 0 Å². The molecule has 2 aliphatic rings. The number of alkyl carbamates (subject to hydrolysis) is 1. The molecule has 2 amide bonds. The second-order valence-electron chi connectivity index (χ2n) is 9.19. The van der Waals surface area contributed by atoms with E-state index in [4.69, 9.17) is 4.74 Å². The van der Waals surface area contributed by atoms with Crippen molar-refractivity contribution in [1.82, 2.24) is 10.6 Å². The normalized spacial score (nSPS) is 20.0. The summed E-state index contributed by atoms with van der Waals surface area (Å²) in [6.45, 7) is 2.00. The van der Waals surface area contributed by atoms with Crippen molar-refractivity contribution in [3.8, 4) is 11.1 Å². The van der Waals surface area contributed by atoms with Crippen molar-refractivity contribution >= 4 is 18.0 Å². The number of aliphatic carboxylic acids is 1. The van der Waals surface area contributed by atoms with E-state index in [2.05, 4.69) is 34.9 Å². The van der Waals surface area contributed by atoms with E-state index >= 15 is 0 Å². The molecule has 2 aromatic rings. The number of rotatable bonds is 8. The van der Waals surface area contributed by atoms with E-state index in [1.54, 1.807) is 0 Å². The molecule has 34 heavy (non-hydrogen) atoms. The fourth-order valence-electron chi connectivity index (χ4n) is 5.28. The molecule has 1 saturated carbocycles. The molecule has 2 aromatic carbocycles. The van der Waals surface area contributed by atoms with E-state index < -0.39 is 18.1 Å². The van der Waals surface area contributed by atoms with Crippen LogP contribution >= 0.6 is 0 Å². The van der Waals surface area contributed by atoms with Crippen molar-refractivity contribution in [3.63, 3.8) is 0 Å². The minimum Gasteiger partial charge on any atom is -0.481 e. The van der Waals surface area contributed by atoms with Crippen LogP contribution in [0, 0.1) is 5.92 Å². The molecular weight excluding hydrogens is 432 g/mol. The van der Waals surface area contributed by atoms with Crippen LogP contribution in [-0.4, -0.2) is 41.8 Å². The van der Waals surface area contributed by atoms with Gasteiger partial charge in [0, 0.05) is 12.0 Å². The summed E-state index contributed by atoms with van der Waals surface area (Å²) in [6, 6.07) is 15.3. The van der Waals surface area contributed by atoms with Gasteiger partial charge in [-0.25, -0.2) is 4.79 Å². The highest BCUT2D eigenvalue weighted by atomic mass is 16.5. The SMILES string of the molecule is CC[C@@H](NC(=O)OCC1c2ccccc2-c2ccccc21)C(=O)NC1CCCCC1CC(=O)O. The molecule has 3 atom stereocenters. The third kappa shape index (κ3) is 5.24. The molecule has 0 saturated heterocycles. The molecule has 2 aliphatic carbocycles. The molecule has 0 heterocycles. The van der Waals surface area contributed by atoms with Crippen LogP contribution in [0.1, 0.15) is 62.5 Å². The molecule has 4 rings (SSSR count). The van der Waals surface area contributed by atoms with Crippen molar-refractivity contribution in [2.75, 3.05) is 6.61 Å². The lowest BCUT2D eigenvalue weighted by molar-refractivity contribution is -0.139. The first-order valence-corrected chi connectivity index (χ1v) is 12.1. The molecule has 0 bridgehead atoms. The molecule has 2 unspecified atom stereocenters. The van der Waals surface area contributed by atoms with Crippen molar-refractivity contribution in [3.05, 3.63) is 59.7 Å². The Balaban J connectivity index is 1.35. The topological polar surface area (TPSA) is 105 Å². The van der Waals surface area contributed by atoms with Crippen molar-refractivity contribution < 1.29 is 24.2 Å². The number of nitrogens with one attached hydrogen (secondary N) is 2. The van der Waals surface area contributed by atoms with Crippen LogP contribution in [-0.2, 0) is 14.3 Å². The summed E-state index contributed by atoms with van der Waals surface area (Å²) in [4.78, 5) is 36.7. The molecule has 0 aromatic heterocycles. The number of amides is 2. The fourth-order valence-corrected chi connectivity index (χ4v) is 5.28. The predicted molar refractivity (Wildman–Crippen MR) is 128 cm³/mol. The van der Waals surface area contributed by atoms with E-state index in [9.17, 15) is 19.5 Å². The smallest absolute Gasteiger partial charge is 0.407 e. The Bertz CT molecular complexity index is 1010. The summed E-state index contributed by atoms with van der Waals surface area (Å²) >= 11 is 0. The number of fused-ring (bicyclic) bond motifs is 3. The summed E-state index contributed by atoms with van der Waals surface area (Å²) < 4.78 is 5.58. The van der Waals surface area contributed by atoms with E-state index in [1.165, 1.54) is 0 Å². The lowest BCUT2D eigenvalue weighted by Gasteiger charge is -2.32. The Kier molecular flexibility index (Phi) is 7.50. The fraction of sp³-hybridized carbons (Fsp3) is 0.444. The number of carboxylic acid groups (broad SMARTS) is 1. The van der Waals surface area contributed by atoms with E-state index in [0.717, 1.165) is 47.9 Å². The Morgan fingerprint density at radius 2 is 1.62 bits per heavy atom. The van der Waals surface area contributed by atoms with E-state index in [1.807, 2.05) is 31.2 Å². The maximum absolute atomic E-state index is 12.9. The summed E-state index contributed by atoms with van der Waals surface area (Å²) in [5.41, 5.74) is 4.56. The maximum atomic E-state index is 12.9. The number of hydrogen-bond donors (Lipinski definition) is 3. The van der Waals surface area contributed by atoms with Gasteiger partial charge in [0.1, 0.15) is 12.6 Å². The average Bonchev–Trinajstić information content (AvgIpc) is 3.16. The quantitative estimate of drug-likeness (QED) is 0.535. The predicted octanol–water partition coefficient (Wildman–Crippen LogP) is 4.45. The zero-order valence-electron chi connectivity index (χ0n) is 19.5. The van der Waals surface area contributed by atoms with Crippen molar-refractivity contribution in [2.24, 2.45) is 5.92 Å². The number of hydrogen-bond acceptors (Lipinski definition) is 4. The first kappa shape index (κ1) is 23.8. The molecule has 180 valence electrons. The van der Waals surface area contributed by atoms with Crippen LogP contribution in [0.15, 0.2) is 48.5 Å². The second kappa shape index (κ2) is 10.7. The Hall–Kier alpha value is -3.35. The van der Waals surface area contributed by atoms with Gasteiger partial charge in [0.2, 0.25) is 5.91 Å². The third-order valence-electron chi connectivity index (χ3n) is 7.03. The second-order valence-corrected chi connectivity index (χ2v) is 9.19. The first-order chi connectivity index (χ1) is 16.5. The molecule has 3 N–H and O–H groups in total. The minimum absolute atomic E-state index is 0.0432. The van der Waals surface area contributed by atoms with Crippen LogP contribution < -0.4 is 10.6 Å².